The van der Waals surface area contributed by atoms with E-state index in [1.54, 1.807) is 25.7 Å². The standard InChI is InChI=1S/C81H92Cl2F3N11O26/c1-33(2)22-47(88-5)71(108)95-62-64(103)37-7-14-51(45(82)24-37)118-53-26-39-27-54(68(53)122-78-69(67(106)66(105)55(32-98)120-78)121-57-31-80(4,70(107)34(3)117-57)89-19-16-35-17-20-97(21-18-35)79(116)90-40-9-11-42(12-10-40)123-81(84,85)86)119-52-15-8-38(25-46(52)83)65(104)63-76(113)94-61(77(114)115)44-28-41(99)29-50(101)58(44)43-23-36(6-13-49(43)100)59(73(110)96-63)93-74(111)60(39)92-72(109)48(30-56(87)102)91-75(62)112/h6-15,23-29,33-35,47-48,55,57,59-67,69-70,78,88-89,98-101,103-107H,16-22,30-32H2,1-5H3,(H2,87,102)(H,90,116)(H,91,112)(H,92,109)(H,93,111)(H,94,113)(H,95,108)(H,96,110)(H,114,115)/t34-,47+,48-,55+,57-,59?,60?,61+,62+,63-,64+,65+,66+,67-,69?,70+,78-,80-/m0/s1. The lowest BCUT2D eigenvalue weighted by molar-refractivity contribution is -0.334. The maximum Gasteiger partial charge on any atom is 0.573 e. The van der Waals surface area contributed by atoms with E-state index in [2.05, 4.69) is 52.6 Å². The number of primary amides is 1. The Hall–Kier alpha value is -11.1. The number of urea groups is 1. The molecule has 662 valence electrons. The summed E-state index contributed by atoms with van der Waals surface area (Å²) in [6.07, 6.45) is -22.5. The number of ether oxygens (including phenoxy) is 7. The molecule has 0 radical (unpaired) electrons. The van der Waals surface area contributed by atoms with Crippen molar-refractivity contribution in [2.45, 2.75) is 182 Å². The van der Waals surface area contributed by atoms with E-state index in [1.807, 2.05) is 0 Å². The zero-order valence-electron chi connectivity index (χ0n) is 66.3. The predicted molar refractivity (Wildman–Crippen MR) is 424 cm³/mol. The third kappa shape index (κ3) is 20.9. The van der Waals surface area contributed by atoms with Gasteiger partial charge in [0, 0.05) is 53.5 Å². The highest BCUT2D eigenvalue weighted by atomic mass is 35.5. The number of piperidine rings is 1. The number of benzene rings is 6. The summed E-state index contributed by atoms with van der Waals surface area (Å²) in [5, 5.41) is 139. The number of aromatic hydroxyl groups is 3. The van der Waals surface area contributed by atoms with Gasteiger partial charge in [-0.1, -0.05) is 55.2 Å². The smallest absolute Gasteiger partial charge is 0.508 e. The summed E-state index contributed by atoms with van der Waals surface area (Å²) in [5.74, 6) is -16.8. The number of anilines is 1. The second kappa shape index (κ2) is 37.9. The molecule has 6 aromatic carbocycles. The van der Waals surface area contributed by atoms with Crippen LogP contribution < -0.4 is 72.5 Å². The number of rotatable bonds is 19. The topological polar surface area (TPSA) is 558 Å². The molecule has 0 spiro atoms. The highest BCUT2D eigenvalue weighted by molar-refractivity contribution is 6.32. The van der Waals surface area contributed by atoms with E-state index < -0.39 is 260 Å². The number of alkyl halides is 3. The quantitative estimate of drug-likeness (QED) is 0.0545. The number of nitrogens with one attached hydrogen (secondary N) is 9. The Bertz CT molecular complexity index is 5000. The maximum atomic E-state index is 16.2. The largest absolute Gasteiger partial charge is 0.573 e. The molecule has 0 aliphatic carbocycles. The van der Waals surface area contributed by atoms with Crippen LogP contribution in [0.4, 0.5) is 23.7 Å². The molecule has 3 saturated heterocycles. The lowest BCUT2D eigenvalue weighted by Gasteiger charge is -2.48. The number of aliphatic carboxylic acids is 1. The number of phenols is 3. The number of halogens is 5. The normalized spacial score (nSPS) is 27.3. The van der Waals surface area contributed by atoms with Crippen LogP contribution in [0.5, 0.6) is 51.7 Å². The van der Waals surface area contributed by atoms with E-state index in [0.29, 0.717) is 32.4 Å². The highest BCUT2D eigenvalue weighted by Crippen LogP contribution is 2.50. The van der Waals surface area contributed by atoms with Crippen molar-refractivity contribution in [1.29, 1.82) is 0 Å². The van der Waals surface area contributed by atoms with Crippen molar-refractivity contribution in [2.24, 2.45) is 17.6 Å². The van der Waals surface area contributed by atoms with E-state index in [1.165, 1.54) is 38.2 Å². The molecule has 0 saturated carbocycles. The molecule has 8 aliphatic rings. The Morgan fingerprint density at radius 3 is 1.93 bits per heavy atom. The molecule has 6 aromatic rings. The number of aliphatic hydroxyl groups is 6. The molecule has 8 aliphatic heterocycles. The van der Waals surface area contributed by atoms with Gasteiger partial charge in [0.05, 0.1) is 41.3 Å². The summed E-state index contributed by atoms with van der Waals surface area (Å²) in [6.45, 7) is 6.73. The van der Waals surface area contributed by atoms with Gasteiger partial charge in [-0.2, -0.15) is 0 Å². The molecule has 18 atom stereocenters. The summed E-state index contributed by atoms with van der Waals surface area (Å²) in [7, 11) is 1.46. The van der Waals surface area contributed by atoms with E-state index in [-0.39, 0.29) is 59.3 Å². The number of hydrogen-bond donors (Lipinski definition) is 20. The highest BCUT2D eigenvalue weighted by Gasteiger charge is 2.53. The van der Waals surface area contributed by atoms with Crippen molar-refractivity contribution >= 4 is 82.2 Å². The molecule has 8 heterocycles. The summed E-state index contributed by atoms with van der Waals surface area (Å²) in [6, 6.07) is 3.11. The predicted octanol–water partition coefficient (Wildman–Crippen LogP) is 3.97. The number of fused-ring (bicyclic) bond motifs is 15. The Kier molecular flexibility index (Phi) is 28.1. The second-order valence-corrected chi connectivity index (χ2v) is 32.1. The molecule has 3 unspecified atom stereocenters. The first-order valence-electron chi connectivity index (χ1n) is 39.0. The van der Waals surface area contributed by atoms with E-state index >= 15 is 14.4 Å². The van der Waals surface area contributed by atoms with Crippen molar-refractivity contribution in [3.05, 3.63) is 141 Å². The van der Waals surface area contributed by atoms with Crippen LogP contribution >= 0.6 is 23.2 Å². The maximum absolute atomic E-state index is 16.2. The molecule has 14 rings (SSSR count). The van der Waals surface area contributed by atoms with Gasteiger partial charge in [-0.25, -0.2) is 9.59 Å². The number of carboxylic acid groups (broad SMARTS) is 1. The number of carboxylic acids is 1. The van der Waals surface area contributed by atoms with Crippen molar-refractivity contribution in [2.75, 3.05) is 38.6 Å². The molecule has 0 aromatic heterocycles. The van der Waals surface area contributed by atoms with Gasteiger partial charge in [-0.15, -0.1) is 13.2 Å². The first-order valence-corrected chi connectivity index (χ1v) is 39.8. The van der Waals surface area contributed by atoms with Crippen LogP contribution in [0, 0.1) is 11.8 Å². The Morgan fingerprint density at radius 2 is 1.33 bits per heavy atom. The van der Waals surface area contributed by atoms with E-state index in [4.69, 9.17) is 57.4 Å². The van der Waals surface area contributed by atoms with Crippen LogP contribution in [0.15, 0.2) is 103 Å². The second-order valence-electron chi connectivity index (χ2n) is 31.3. The molecule has 42 heteroatoms. The zero-order chi connectivity index (χ0) is 89.1. The summed E-state index contributed by atoms with van der Waals surface area (Å²) >= 11 is 14.3. The molecule has 123 heavy (non-hydrogen) atoms. The van der Waals surface area contributed by atoms with Gasteiger partial charge in [0.25, 0.3) is 0 Å². The molecule has 37 nitrogen and oxygen atoms in total. The van der Waals surface area contributed by atoms with Crippen LogP contribution in [0.1, 0.15) is 124 Å². The molecule has 21 N–H and O–H groups in total. The van der Waals surface area contributed by atoms with Crippen molar-refractivity contribution in [3.63, 3.8) is 0 Å². The first kappa shape index (κ1) is 91.1. The fourth-order valence-electron chi connectivity index (χ4n) is 15.6. The van der Waals surface area contributed by atoms with Crippen LogP contribution in [0.3, 0.4) is 0 Å². The minimum absolute atomic E-state index is 0.0485. The van der Waals surface area contributed by atoms with Gasteiger partial charge in [-0.05, 0) is 166 Å². The Labute approximate surface area is 708 Å². The number of aliphatic hydroxyl groups excluding tert-OH is 6. The third-order valence-electron chi connectivity index (χ3n) is 22.1. The zero-order valence-corrected chi connectivity index (χ0v) is 67.8. The van der Waals surface area contributed by atoms with Gasteiger partial charge in [-0.3, -0.25) is 33.6 Å². The number of amides is 9. The van der Waals surface area contributed by atoms with E-state index in [9.17, 15) is 93.0 Å². The fraction of sp³-hybridized carbons (Fsp3) is 0.444. The van der Waals surface area contributed by atoms with Crippen molar-refractivity contribution < 1.29 is 141 Å². The van der Waals surface area contributed by atoms with Crippen molar-refractivity contribution in [3.8, 4) is 62.9 Å². The number of phenolic OH excluding ortho intramolecular Hbond substituents is 3. The lowest BCUT2D eigenvalue weighted by atomic mass is 9.84. The molecular formula is C81H92Cl2F3N11O26. The number of likely N-dealkylation sites (N-methyl/N-ethyl adjacent to an activating group) is 1. The number of carbonyl (C=O) groups excluding carboxylic acids is 8. The molecule has 3 fully saturated rings. The number of hydrogen-bond acceptors (Lipinski definition) is 27. The van der Waals surface area contributed by atoms with Crippen LogP contribution in [-0.2, 0) is 52.6 Å². The van der Waals surface area contributed by atoms with E-state index in [0.717, 1.165) is 78.9 Å². The first-order chi connectivity index (χ1) is 58.2. The number of carbonyl (C=O) groups is 9. The van der Waals surface area contributed by atoms with Crippen LogP contribution in [0.2, 0.25) is 10.0 Å². The minimum atomic E-state index is -4.91. The number of nitrogens with zero attached hydrogens (tertiary/aromatic N) is 1. The fourth-order valence-corrected chi connectivity index (χ4v) is 16.0. The molecular weight excluding hydrogens is 1670 g/mol. The molecule has 11 bridgehead atoms. The summed E-state index contributed by atoms with van der Waals surface area (Å²) < 4.78 is 81.6. The SMILES string of the molecule is CN[C@H](CC(C)C)C(=O)N[C@H]1C(=O)N[C@@H](CC(N)=O)C(=O)NC2C(=O)NC3C(=O)N[C@H](C(=O)N[C@@H](C(=O)O)c4cc(O)cc(O)c4-c4cc3ccc4O)[C@H](O)c3ccc(c(Cl)c3)Oc3cc2cc(c3O[C@@H]2O[C@H](CO)[C@@H](O)[C@H](O)C2O[C@H]2C[C@](C)(NCCC3CCN(C(=O)Nc4ccc(OC(F)(F)F)cc4)CC3)[C@H](O)[C@H](C)O2)Oc2ccc(cc2Cl)[C@H]1O. The van der Waals surface area contributed by atoms with Gasteiger partial charge < -0.3 is 143 Å². The van der Waals surface area contributed by atoms with Gasteiger partial charge in [0.15, 0.2) is 29.9 Å². The van der Waals surface area contributed by atoms with Gasteiger partial charge in [0.2, 0.25) is 53.4 Å². The van der Waals surface area contributed by atoms with Gasteiger partial charge in [0.1, 0.15) is 95.2 Å². The monoisotopic (exact) mass is 1760 g/mol. The Morgan fingerprint density at radius 1 is 0.715 bits per heavy atom. The minimum Gasteiger partial charge on any atom is -0.508 e. The van der Waals surface area contributed by atoms with Crippen LogP contribution in [-0.4, -0.2) is 228 Å². The Balaban J connectivity index is 0.965. The van der Waals surface area contributed by atoms with Gasteiger partial charge >= 0.3 is 18.4 Å². The third-order valence-corrected chi connectivity index (χ3v) is 22.6. The summed E-state index contributed by atoms with van der Waals surface area (Å²) in [4.78, 5) is 133. The average Bonchev–Trinajstić information content (AvgIpc) is 0.766. The number of nitrogens with two attached hydrogens (primary N) is 1. The number of likely N-dealkylation sites (tertiary alicyclic amines) is 1. The molecule has 9 amide bonds. The average molecular weight is 1760 g/mol. The summed E-state index contributed by atoms with van der Waals surface area (Å²) in [5.41, 5.74) is 1.73. The lowest BCUT2D eigenvalue weighted by Crippen LogP contribution is -2.65. The van der Waals surface area contributed by atoms with Crippen LogP contribution in [0.25, 0.3) is 11.1 Å². The van der Waals surface area contributed by atoms with Crippen molar-refractivity contribution in [1.82, 2.24) is 47.4 Å².